The van der Waals surface area contributed by atoms with Crippen molar-refractivity contribution in [2.45, 2.75) is 32.0 Å². The van der Waals surface area contributed by atoms with Crippen molar-refractivity contribution >= 4 is 45.0 Å². The monoisotopic (exact) mass is 380 g/mol. The molecule has 3 N–H and O–H groups in total. The average molecular weight is 381 g/mol. The fourth-order valence-electron chi connectivity index (χ4n) is 2.97. The fraction of sp³-hybridized carbons (Fsp3) is 0.368. The van der Waals surface area contributed by atoms with E-state index in [4.69, 9.17) is 23.2 Å². The molecule has 6 heteroatoms. The van der Waals surface area contributed by atoms with Gasteiger partial charge in [0, 0.05) is 43.9 Å². The molecule has 0 unspecified atom stereocenters. The molecule has 0 fully saturated rings. The van der Waals surface area contributed by atoms with E-state index in [0.717, 1.165) is 21.8 Å². The molecule has 0 radical (unpaired) electrons. The molecule has 0 aliphatic heterocycles. The number of benzene rings is 2. The minimum absolute atomic E-state index is 0.00605. The standard InChI is InChI=1S/C19H22Cl2N2O2/c1-19(2,11-24)22-9-14(25)10-23-17-5-3-12(20)7-15(17)16-8-13(21)4-6-18(16)23/h3-8,14,22,24-25H,9-11H2,1-2H3/t14-/m0/s1. The number of nitrogens with zero attached hydrogens (tertiary/aromatic N) is 1. The molecule has 25 heavy (non-hydrogen) atoms. The summed E-state index contributed by atoms with van der Waals surface area (Å²) < 4.78 is 2.08. The number of hydrogen-bond donors (Lipinski definition) is 3. The highest BCUT2D eigenvalue weighted by Crippen LogP contribution is 2.33. The third-order valence-electron chi connectivity index (χ3n) is 4.39. The van der Waals surface area contributed by atoms with E-state index in [1.807, 2.05) is 50.2 Å². The summed E-state index contributed by atoms with van der Waals surface area (Å²) >= 11 is 12.3. The first-order valence-electron chi connectivity index (χ1n) is 8.22. The number of aromatic nitrogens is 1. The van der Waals surface area contributed by atoms with E-state index in [-0.39, 0.29) is 6.61 Å². The van der Waals surface area contributed by atoms with Gasteiger partial charge in [-0.2, -0.15) is 0 Å². The van der Waals surface area contributed by atoms with Crippen LogP contribution in [0.1, 0.15) is 13.8 Å². The van der Waals surface area contributed by atoms with E-state index in [1.165, 1.54) is 0 Å². The van der Waals surface area contributed by atoms with Gasteiger partial charge in [0.25, 0.3) is 0 Å². The summed E-state index contributed by atoms with van der Waals surface area (Å²) in [5.41, 5.74) is 1.58. The highest BCUT2D eigenvalue weighted by atomic mass is 35.5. The molecular formula is C19H22Cl2N2O2. The Bertz CT molecular complexity index is 846. The third kappa shape index (κ3) is 3.94. The van der Waals surface area contributed by atoms with Gasteiger partial charge in [0.2, 0.25) is 0 Å². The summed E-state index contributed by atoms with van der Waals surface area (Å²) in [5, 5.41) is 26.4. The maximum Gasteiger partial charge on any atom is 0.0843 e. The van der Waals surface area contributed by atoms with Gasteiger partial charge in [-0.15, -0.1) is 0 Å². The van der Waals surface area contributed by atoms with Crippen LogP contribution in [0.3, 0.4) is 0 Å². The van der Waals surface area contributed by atoms with E-state index >= 15 is 0 Å². The van der Waals surface area contributed by atoms with Gasteiger partial charge in [-0.05, 0) is 50.2 Å². The summed E-state index contributed by atoms with van der Waals surface area (Å²) in [6.45, 7) is 4.61. The maximum atomic E-state index is 10.5. The molecule has 134 valence electrons. The van der Waals surface area contributed by atoms with Crippen LogP contribution >= 0.6 is 23.2 Å². The zero-order chi connectivity index (χ0) is 18.2. The van der Waals surface area contributed by atoms with Crippen molar-refractivity contribution in [3.05, 3.63) is 46.4 Å². The normalized spacial score (nSPS) is 13.7. The highest BCUT2D eigenvalue weighted by Gasteiger charge is 2.19. The lowest BCUT2D eigenvalue weighted by atomic mass is 10.1. The lowest BCUT2D eigenvalue weighted by Crippen LogP contribution is -2.46. The van der Waals surface area contributed by atoms with E-state index in [2.05, 4.69) is 9.88 Å². The number of fused-ring (bicyclic) bond motifs is 3. The van der Waals surface area contributed by atoms with Crippen LogP contribution in [0.2, 0.25) is 10.0 Å². The number of hydrogen-bond acceptors (Lipinski definition) is 3. The van der Waals surface area contributed by atoms with Gasteiger partial charge in [0.15, 0.2) is 0 Å². The Balaban J connectivity index is 1.97. The van der Waals surface area contributed by atoms with Gasteiger partial charge >= 0.3 is 0 Å². The number of halogens is 2. The average Bonchev–Trinajstić information content (AvgIpc) is 2.86. The smallest absolute Gasteiger partial charge is 0.0843 e. The molecule has 0 saturated carbocycles. The van der Waals surface area contributed by atoms with Gasteiger partial charge in [0.1, 0.15) is 0 Å². The molecule has 0 saturated heterocycles. The molecule has 0 aliphatic rings. The van der Waals surface area contributed by atoms with Gasteiger partial charge in [-0.3, -0.25) is 0 Å². The van der Waals surface area contributed by atoms with Crippen LogP contribution in [0.25, 0.3) is 21.8 Å². The lowest BCUT2D eigenvalue weighted by Gasteiger charge is -2.25. The van der Waals surface area contributed by atoms with Gasteiger partial charge in [0.05, 0.1) is 19.3 Å². The number of aliphatic hydroxyl groups is 2. The second-order valence-electron chi connectivity index (χ2n) is 7.01. The molecule has 0 aliphatic carbocycles. The van der Waals surface area contributed by atoms with Gasteiger partial charge in [-0.25, -0.2) is 0 Å². The van der Waals surface area contributed by atoms with Crippen molar-refractivity contribution in [2.24, 2.45) is 0 Å². The quantitative estimate of drug-likeness (QED) is 0.609. The second kappa shape index (κ2) is 7.14. The fourth-order valence-corrected chi connectivity index (χ4v) is 3.31. The minimum Gasteiger partial charge on any atom is -0.394 e. The Kier molecular flexibility index (Phi) is 5.28. The largest absolute Gasteiger partial charge is 0.394 e. The zero-order valence-electron chi connectivity index (χ0n) is 14.3. The molecule has 1 heterocycles. The molecular weight excluding hydrogens is 359 g/mol. The molecule has 3 aromatic rings. The first-order chi connectivity index (χ1) is 11.8. The third-order valence-corrected chi connectivity index (χ3v) is 4.86. The SMILES string of the molecule is CC(C)(CO)NC[C@H](O)Cn1c2ccc(Cl)cc2c2cc(Cl)ccc21. The van der Waals surface area contributed by atoms with Crippen LogP contribution < -0.4 is 5.32 Å². The van der Waals surface area contributed by atoms with Crippen LogP contribution in [-0.4, -0.2) is 39.6 Å². The van der Waals surface area contributed by atoms with Crippen LogP contribution in [0.4, 0.5) is 0 Å². The van der Waals surface area contributed by atoms with E-state index in [1.54, 1.807) is 0 Å². The van der Waals surface area contributed by atoms with Crippen molar-refractivity contribution in [3.8, 4) is 0 Å². The van der Waals surface area contributed by atoms with Crippen molar-refractivity contribution in [3.63, 3.8) is 0 Å². The van der Waals surface area contributed by atoms with Crippen LogP contribution in [-0.2, 0) is 6.54 Å². The minimum atomic E-state index is -0.601. The van der Waals surface area contributed by atoms with Gasteiger partial charge < -0.3 is 20.1 Å². The van der Waals surface area contributed by atoms with Crippen LogP contribution in [0, 0.1) is 0 Å². The Morgan fingerprint density at radius 2 is 1.56 bits per heavy atom. The molecule has 0 amide bonds. The predicted molar refractivity (Wildman–Crippen MR) is 105 cm³/mol. The second-order valence-corrected chi connectivity index (χ2v) is 7.88. The van der Waals surface area contributed by atoms with E-state index in [0.29, 0.717) is 23.1 Å². The van der Waals surface area contributed by atoms with Crippen molar-refractivity contribution in [1.82, 2.24) is 9.88 Å². The number of aliphatic hydroxyl groups excluding tert-OH is 2. The van der Waals surface area contributed by atoms with Crippen LogP contribution in [0.5, 0.6) is 0 Å². The molecule has 1 aromatic heterocycles. The maximum absolute atomic E-state index is 10.5. The summed E-state index contributed by atoms with van der Waals surface area (Å²) in [6.07, 6.45) is -0.601. The van der Waals surface area contributed by atoms with E-state index in [9.17, 15) is 10.2 Å². The van der Waals surface area contributed by atoms with Crippen molar-refractivity contribution in [2.75, 3.05) is 13.2 Å². The number of rotatable bonds is 6. The van der Waals surface area contributed by atoms with Crippen molar-refractivity contribution in [1.29, 1.82) is 0 Å². The molecule has 2 aromatic carbocycles. The Labute approximate surface area is 157 Å². The van der Waals surface area contributed by atoms with E-state index < -0.39 is 11.6 Å². The Hall–Kier alpha value is -1.30. The Morgan fingerprint density at radius 3 is 2.04 bits per heavy atom. The molecule has 1 atom stereocenters. The number of β-amino-alcohol motifs (C(OH)–C–C–N with tert-alkyl or cyclic N) is 1. The van der Waals surface area contributed by atoms with Gasteiger partial charge in [-0.1, -0.05) is 23.2 Å². The first kappa shape index (κ1) is 18.5. The zero-order valence-corrected chi connectivity index (χ0v) is 15.8. The summed E-state index contributed by atoms with van der Waals surface area (Å²) in [4.78, 5) is 0. The molecule has 4 nitrogen and oxygen atoms in total. The van der Waals surface area contributed by atoms with Crippen LogP contribution in [0.15, 0.2) is 36.4 Å². The Morgan fingerprint density at radius 1 is 1.04 bits per heavy atom. The first-order valence-corrected chi connectivity index (χ1v) is 8.97. The molecule has 3 rings (SSSR count). The van der Waals surface area contributed by atoms with Crippen molar-refractivity contribution < 1.29 is 10.2 Å². The topological polar surface area (TPSA) is 57.4 Å². The summed E-state index contributed by atoms with van der Waals surface area (Å²) in [7, 11) is 0. The summed E-state index contributed by atoms with van der Waals surface area (Å²) in [5.74, 6) is 0. The molecule has 0 spiro atoms. The summed E-state index contributed by atoms with van der Waals surface area (Å²) in [6, 6.07) is 11.5. The number of nitrogens with one attached hydrogen (secondary N) is 1. The lowest BCUT2D eigenvalue weighted by molar-refractivity contribution is 0.124. The molecule has 0 bridgehead atoms. The highest BCUT2D eigenvalue weighted by molar-refractivity contribution is 6.33. The predicted octanol–water partition coefficient (Wildman–Crippen LogP) is 3.82.